The lowest BCUT2D eigenvalue weighted by Crippen LogP contribution is -2.10. The molecule has 0 bridgehead atoms. The smallest absolute Gasteiger partial charge is 0.119 e. The summed E-state index contributed by atoms with van der Waals surface area (Å²) in [4.78, 5) is 0.426. The molecule has 1 aromatic rings. The van der Waals surface area contributed by atoms with Crippen molar-refractivity contribution in [3.8, 4) is 5.75 Å². The number of rotatable bonds is 2. The number of benzene rings is 1. The zero-order valence-corrected chi connectivity index (χ0v) is 7.94. The molecule has 0 aliphatic heterocycles. The van der Waals surface area contributed by atoms with Gasteiger partial charge in [0.25, 0.3) is 0 Å². The molecule has 1 aromatic carbocycles. The van der Waals surface area contributed by atoms with Crippen molar-refractivity contribution in [1.29, 1.82) is 0 Å². The number of hydrogen-bond acceptors (Lipinski definition) is 2. The van der Waals surface area contributed by atoms with E-state index in [1.54, 1.807) is 7.11 Å². The summed E-state index contributed by atoms with van der Waals surface area (Å²) in [5.41, 5.74) is 7.45. The highest BCUT2D eigenvalue weighted by Gasteiger charge is 2.01. The molecule has 0 atom stereocenters. The van der Waals surface area contributed by atoms with Crippen LogP contribution >= 0.6 is 12.2 Å². The van der Waals surface area contributed by atoms with E-state index < -0.39 is 0 Å². The number of aryl methyl sites for hydroxylation is 1. The van der Waals surface area contributed by atoms with Crippen LogP contribution in [0.2, 0.25) is 0 Å². The molecule has 3 heteroatoms. The topological polar surface area (TPSA) is 35.2 Å². The maximum Gasteiger partial charge on any atom is 0.119 e. The fourth-order valence-corrected chi connectivity index (χ4v) is 1.27. The molecule has 64 valence electrons. The van der Waals surface area contributed by atoms with Crippen molar-refractivity contribution >= 4 is 17.2 Å². The number of nitrogens with two attached hydrogens (primary N) is 1. The van der Waals surface area contributed by atoms with E-state index >= 15 is 0 Å². The highest BCUT2D eigenvalue weighted by Crippen LogP contribution is 2.16. The molecule has 0 unspecified atom stereocenters. The molecule has 12 heavy (non-hydrogen) atoms. The second kappa shape index (κ2) is 3.54. The fourth-order valence-electron chi connectivity index (χ4n) is 1.04. The van der Waals surface area contributed by atoms with Crippen molar-refractivity contribution < 1.29 is 4.74 Å². The van der Waals surface area contributed by atoms with E-state index in [2.05, 4.69) is 0 Å². The molecule has 0 amide bonds. The monoisotopic (exact) mass is 181 g/mol. The van der Waals surface area contributed by atoms with Crippen LogP contribution in [0.3, 0.4) is 0 Å². The van der Waals surface area contributed by atoms with E-state index in [1.165, 1.54) is 0 Å². The molecule has 0 saturated carbocycles. The largest absolute Gasteiger partial charge is 0.497 e. The molecule has 0 aliphatic carbocycles. The fraction of sp³-hybridized carbons (Fsp3) is 0.222. The van der Waals surface area contributed by atoms with Crippen LogP contribution in [0.4, 0.5) is 0 Å². The first-order valence-corrected chi connectivity index (χ1v) is 4.00. The average molecular weight is 181 g/mol. The molecule has 0 radical (unpaired) electrons. The lowest BCUT2D eigenvalue weighted by atomic mass is 10.1. The van der Waals surface area contributed by atoms with E-state index in [9.17, 15) is 0 Å². The van der Waals surface area contributed by atoms with Crippen LogP contribution in [0.5, 0.6) is 5.75 Å². The van der Waals surface area contributed by atoms with Gasteiger partial charge in [-0.3, -0.25) is 0 Å². The van der Waals surface area contributed by atoms with Gasteiger partial charge in [0.05, 0.1) is 7.11 Å². The minimum absolute atomic E-state index is 0.426. The van der Waals surface area contributed by atoms with Gasteiger partial charge >= 0.3 is 0 Å². The molecule has 0 fully saturated rings. The van der Waals surface area contributed by atoms with Crippen LogP contribution in [0, 0.1) is 6.92 Å². The third kappa shape index (κ3) is 1.74. The molecule has 0 aliphatic rings. The van der Waals surface area contributed by atoms with E-state index in [0.29, 0.717) is 4.99 Å². The second-order valence-electron chi connectivity index (χ2n) is 2.55. The Balaban J connectivity index is 3.12. The van der Waals surface area contributed by atoms with Gasteiger partial charge in [0.15, 0.2) is 0 Å². The van der Waals surface area contributed by atoms with Crippen molar-refractivity contribution in [3.05, 3.63) is 29.3 Å². The summed E-state index contributed by atoms with van der Waals surface area (Å²) in [7, 11) is 1.63. The first-order chi connectivity index (χ1) is 5.65. The minimum Gasteiger partial charge on any atom is -0.497 e. The summed E-state index contributed by atoms with van der Waals surface area (Å²) < 4.78 is 5.05. The third-order valence-electron chi connectivity index (χ3n) is 1.70. The molecule has 2 nitrogen and oxygen atoms in total. The van der Waals surface area contributed by atoms with Gasteiger partial charge in [-0.25, -0.2) is 0 Å². The zero-order chi connectivity index (χ0) is 9.14. The highest BCUT2D eigenvalue weighted by atomic mass is 32.1. The summed E-state index contributed by atoms with van der Waals surface area (Å²) in [6.45, 7) is 1.96. The molecule has 0 spiro atoms. The Morgan fingerprint density at radius 1 is 1.50 bits per heavy atom. The van der Waals surface area contributed by atoms with E-state index in [1.807, 2.05) is 25.1 Å². The Morgan fingerprint density at radius 2 is 2.17 bits per heavy atom. The van der Waals surface area contributed by atoms with Gasteiger partial charge in [-0.2, -0.15) is 0 Å². The van der Waals surface area contributed by atoms with Gasteiger partial charge in [0, 0.05) is 5.56 Å². The number of hydrogen-bond donors (Lipinski definition) is 1. The van der Waals surface area contributed by atoms with Gasteiger partial charge in [-0.15, -0.1) is 0 Å². The van der Waals surface area contributed by atoms with Crippen LogP contribution in [-0.4, -0.2) is 12.1 Å². The lowest BCUT2D eigenvalue weighted by molar-refractivity contribution is 0.414. The lowest BCUT2D eigenvalue weighted by Gasteiger charge is -2.05. The SMILES string of the molecule is COc1ccc(C(N)=S)c(C)c1. The van der Waals surface area contributed by atoms with Crippen LogP contribution in [0.1, 0.15) is 11.1 Å². The Bertz CT molecular complexity index is 309. The van der Waals surface area contributed by atoms with Crippen molar-refractivity contribution in [2.45, 2.75) is 6.92 Å². The van der Waals surface area contributed by atoms with Crippen LogP contribution in [-0.2, 0) is 0 Å². The van der Waals surface area contributed by atoms with Gasteiger partial charge in [0.2, 0.25) is 0 Å². The summed E-state index contributed by atoms with van der Waals surface area (Å²) in [5, 5.41) is 0. The van der Waals surface area contributed by atoms with Crippen LogP contribution in [0.25, 0.3) is 0 Å². The average Bonchev–Trinajstić information content (AvgIpc) is 2.03. The maximum atomic E-state index is 5.50. The number of thiocarbonyl (C=S) groups is 1. The molecule has 2 N–H and O–H groups in total. The standard InChI is InChI=1S/C9H11NOS/c1-6-5-7(11-2)3-4-8(6)9(10)12/h3-5H,1-2H3,(H2,10,12). The minimum atomic E-state index is 0.426. The first kappa shape index (κ1) is 9.00. The van der Waals surface area contributed by atoms with Gasteiger partial charge in [0.1, 0.15) is 10.7 Å². The maximum absolute atomic E-state index is 5.50. The Labute approximate surface area is 77.3 Å². The van der Waals surface area contributed by atoms with Gasteiger partial charge in [-0.05, 0) is 30.7 Å². The zero-order valence-electron chi connectivity index (χ0n) is 7.13. The van der Waals surface area contributed by atoms with Crippen molar-refractivity contribution in [1.82, 2.24) is 0 Å². The molecule has 0 aromatic heterocycles. The second-order valence-corrected chi connectivity index (χ2v) is 2.98. The summed E-state index contributed by atoms with van der Waals surface area (Å²) >= 11 is 4.87. The molecule has 1 rings (SSSR count). The van der Waals surface area contributed by atoms with Crippen LogP contribution < -0.4 is 10.5 Å². The van der Waals surface area contributed by atoms with E-state index in [4.69, 9.17) is 22.7 Å². The first-order valence-electron chi connectivity index (χ1n) is 3.59. The summed E-state index contributed by atoms with van der Waals surface area (Å²) in [6, 6.07) is 5.63. The van der Waals surface area contributed by atoms with Crippen molar-refractivity contribution in [3.63, 3.8) is 0 Å². The Kier molecular flexibility index (Phi) is 2.65. The summed E-state index contributed by atoms with van der Waals surface area (Å²) in [6.07, 6.45) is 0. The molecular formula is C9H11NOS. The predicted octanol–water partition coefficient (Wildman–Crippen LogP) is 1.64. The highest BCUT2D eigenvalue weighted by molar-refractivity contribution is 7.80. The summed E-state index contributed by atoms with van der Waals surface area (Å²) in [5.74, 6) is 0.826. The van der Waals surface area contributed by atoms with E-state index in [0.717, 1.165) is 16.9 Å². The molecule has 0 heterocycles. The van der Waals surface area contributed by atoms with E-state index in [-0.39, 0.29) is 0 Å². The van der Waals surface area contributed by atoms with Gasteiger partial charge in [-0.1, -0.05) is 12.2 Å². The predicted molar refractivity (Wildman–Crippen MR) is 53.6 cm³/mol. The third-order valence-corrected chi connectivity index (χ3v) is 1.92. The molecule has 0 saturated heterocycles. The Morgan fingerprint density at radius 3 is 2.58 bits per heavy atom. The normalized spacial score (nSPS) is 9.50. The number of methoxy groups -OCH3 is 1. The van der Waals surface area contributed by atoms with Gasteiger partial charge < -0.3 is 10.5 Å². The van der Waals surface area contributed by atoms with Crippen molar-refractivity contribution in [2.75, 3.05) is 7.11 Å². The quantitative estimate of drug-likeness (QED) is 0.704. The molecular weight excluding hydrogens is 170 g/mol. The Hall–Kier alpha value is -1.09. The van der Waals surface area contributed by atoms with Crippen LogP contribution in [0.15, 0.2) is 18.2 Å². The van der Waals surface area contributed by atoms with Crippen molar-refractivity contribution in [2.24, 2.45) is 5.73 Å². The number of ether oxygens (including phenoxy) is 1.